The average Bonchev–Trinajstić information content (AvgIpc) is 2.58. The van der Waals surface area contributed by atoms with Gasteiger partial charge in [-0.25, -0.2) is 0 Å². The van der Waals surface area contributed by atoms with Gasteiger partial charge in [-0.3, -0.25) is 4.99 Å². The number of rotatable bonds is 4. The van der Waals surface area contributed by atoms with E-state index in [0.29, 0.717) is 6.10 Å². The molecule has 0 aromatic carbocycles. The van der Waals surface area contributed by atoms with Crippen LogP contribution in [0, 0.1) is 5.92 Å². The minimum Gasteiger partial charge on any atom is -0.373 e. The van der Waals surface area contributed by atoms with E-state index in [1.54, 1.807) is 0 Å². The monoisotopic (exact) mass is 381 g/mol. The molecular formula is C14H28IN3O. The minimum atomic E-state index is 0. The predicted octanol–water partition coefficient (Wildman–Crippen LogP) is 2.48. The maximum absolute atomic E-state index is 5.95. The molecule has 1 heterocycles. The molecular weight excluding hydrogens is 353 g/mol. The number of hydrogen-bond acceptors (Lipinski definition) is 4. The van der Waals surface area contributed by atoms with Crippen molar-refractivity contribution in [2.45, 2.75) is 51.7 Å². The van der Waals surface area contributed by atoms with Crippen molar-refractivity contribution in [3.63, 3.8) is 0 Å². The summed E-state index contributed by atoms with van der Waals surface area (Å²) in [5.74, 6) is 1.90. The molecule has 0 saturated heterocycles. The molecule has 1 saturated carbocycles. The molecule has 0 spiro atoms. The van der Waals surface area contributed by atoms with Crippen LogP contribution in [-0.4, -0.2) is 49.2 Å². The molecule has 1 aliphatic carbocycles. The van der Waals surface area contributed by atoms with Gasteiger partial charge >= 0.3 is 0 Å². The first-order valence-electron chi connectivity index (χ1n) is 7.11. The van der Waals surface area contributed by atoms with E-state index < -0.39 is 0 Å². The Labute approximate surface area is 134 Å². The van der Waals surface area contributed by atoms with Crippen LogP contribution in [-0.2, 0) is 4.74 Å². The Morgan fingerprint density at radius 1 is 1.37 bits per heavy atom. The Bertz CT molecular complexity index is 308. The molecule has 0 bridgehead atoms. The van der Waals surface area contributed by atoms with Gasteiger partial charge in [-0.15, -0.1) is 24.0 Å². The lowest BCUT2D eigenvalue weighted by molar-refractivity contribution is -0.112. The second kappa shape index (κ2) is 7.11. The van der Waals surface area contributed by atoms with Crippen molar-refractivity contribution >= 4 is 29.9 Å². The fraction of sp³-hybridized carbons (Fsp3) is 0.929. The van der Waals surface area contributed by atoms with Crippen molar-refractivity contribution in [3.05, 3.63) is 0 Å². The van der Waals surface area contributed by atoms with Crippen LogP contribution in [0.5, 0.6) is 0 Å². The highest BCUT2D eigenvalue weighted by Crippen LogP contribution is 2.34. The summed E-state index contributed by atoms with van der Waals surface area (Å²) in [5, 5.41) is 3.43. The molecule has 19 heavy (non-hydrogen) atoms. The highest BCUT2D eigenvalue weighted by atomic mass is 127. The summed E-state index contributed by atoms with van der Waals surface area (Å²) >= 11 is 0. The van der Waals surface area contributed by atoms with E-state index in [1.807, 2.05) is 0 Å². The Morgan fingerprint density at radius 2 is 2.05 bits per heavy atom. The maximum atomic E-state index is 5.95. The number of halogens is 1. The van der Waals surface area contributed by atoms with Crippen molar-refractivity contribution in [1.29, 1.82) is 0 Å². The number of ether oxygens (including phenoxy) is 1. The maximum Gasteiger partial charge on any atom is 0.193 e. The van der Waals surface area contributed by atoms with Crippen LogP contribution < -0.4 is 5.32 Å². The highest BCUT2D eigenvalue weighted by Gasteiger charge is 2.32. The third kappa shape index (κ3) is 5.45. The van der Waals surface area contributed by atoms with Gasteiger partial charge in [0.15, 0.2) is 5.96 Å². The van der Waals surface area contributed by atoms with E-state index in [4.69, 9.17) is 4.74 Å². The molecule has 0 atom stereocenters. The van der Waals surface area contributed by atoms with Crippen molar-refractivity contribution in [3.8, 4) is 0 Å². The van der Waals surface area contributed by atoms with E-state index >= 15 is 0 Å². The van der Waals surface area contributed by atoms with E-state index in [9.17, 15) is 0 Å². The van der Waals surface area contributed by atoms with Gasteiger partial charge in [-0.2, -0.15) is 0 Å². The number of nitrogens with zero attached hydrogens (tertiary/aromatic N) is 2. The quantitative estimate of drug-likeness (QED) is 0.761. The molecule has 112 valence electrons. The zero-order valence-corrected chi connectivity index (χ0v) is 14.9. The first-order valence-corrected chi connectivity index (χ1v) is 7.11. The van der Waals surface area contributed by atoms with Gasteiger partial charge in [0.25, 0.3) is 0 Å². The number of nitrogens with one attached hydrogen (secondary N) is 1. The molecule has 1 N–H and O–H groups in total. The number of hydrogen-bond donors (Lipinski definition) is 1. The summed E-state index contributed by atoms with van der Waals surface area (Å²) in [7, 11) is 2.09. The van der Waals surface area contributed by atoms with Crippen LogP contribution in [0.2, 0.25) is 0 Å². The topological polar surface area (TPSA) is 36.9 Å². The van der Waals surface area contributed by atoms with Crippen LogP contribution in [0.4, 0.5) is 0 Å². The van der Waals surface area contributed by atoms with E-state index in [-0.39, 0.29) is 29.6 Å². The molecule has 0 aromatic heterocycles. The first-order chi connectivity index (χ1) is 8.44. The largest absolute Gasteiger partial charge is 0.373 e. The minimum absolute atomic E-state index is 0. The molecule has 4 nitrogen and oxygen atoms in total. The number of likely N-dealkylation sites (N-methyl/N-ethyl adjacent to an activating group) is 1. The third-order valence-corrected chi connectivity index (χ3v) is 3.61. The molecule has 0 aromatic rings. The molecule has 1 aliphatic heterocycles. The molecule has 0 amide bonds. The lowest BCUT2D eigenvalue weighted by atomic mass is 9.79. The van der Waals surface area contributed by atoms with Crippen LogP contribution in [0.3, 0.4) is 0 Å². The van der Waals surface area contributed by atoms with Crippen LogP contribution in [0.1, 0.15) is 40.0 Å². The number of aliphatic imine (C=N–C) groups is 1. The molecule has 0 unspecified atom stereocenters. The Morgan fingerprint density at radius 3 is 2.58 bits per heavy atom. The summed E-state index contributed by atoms with van der Waals surface area (Å²) in [4.78, 5) is 6.61. The van der Waals surface area contributed by atoms with Crippen LogP contribution in [0.25, 0.3) is 0 Å². The van der Waals surface area contributed by atoms with E-state index in [0.717, 1.165) is 31.5 Å². The molecule has 0 radical (unpaired) electrons. The van der Waals surface area contributed by atoms with E-state index in [1.165, 1.54) is 19.3 Å². The average molecular weight is 381 g/mol. The Hall–Kier alpha value is -0.0400. The van der Waals surface area contributed by atoms with Gasteiger partial charge < -0.3 is 15.0 Å². The van der Waals surface area contributed by atoms with Crippen molar-refractivity contribution in [2.75, 3.05) is 26.7 Å². The first kappa shape index (κ1) is 17.0. The zero-order valence-electron chi connectivity index (χ0n) is 12.6. The second-order valence-electron chi connectivity index (χ2n) is 6.53. The van der Waals surface area contributed by atoms with Gasteiger partial charge in [0.05, 0.1) is 18.2 Å². The fourth-order valence-corrected chi connectivity index (χ4v) is 2.62. The normalized spacial score (nSPS) is 26.5. The number of guanidine groups is 1. The highest BCUT2D eigenvalue weighted by molar-refractivity contribution is 14.0. The Balaban J connectivity index is 0.00000180. The SMILES string of the molecule is CN1CCN=C1NCCC1CC(OC(C)(C)C)C1.I. The summed E-state index contributed by atoms with van der Waals surface area (Å²) in [6, 6.07) is 0. The van der Waals surface area contributed by atoms with Crippen molar-refractivity contribution < 1.29 is 4.74 Å². The van der Waals surface area contributed by atoms with Crippen LogP contribution in [0.15, 0.2) is 4.99 Å². The molecule has 1 fully saturated rings. The molecule has 2 aliphatic rings. The van der Waals surface area contributed by atoms with Crippen molar-refractivity contribution in [1.82, 2.24) is 10.2 Å². The van der Waals surface area contributed by atoms with Gasteiger partial charge in [-0.05, 0) is 46.0 Å². The van der Waals surface area contributed by atoms with Gasteiger partial charge in [0.1, 0.15) is 0 Å². The predicted molar refractivity (Wildman–Crippen MR) is 90.3 cm³/mol. The van der Waals surface area contributed by atoms with Crippen LogP contribution >= 0.6 is 24.0 Å². The summed E-state index contributed by atoms with van der Waals surface area (Å²) in [6.45, 7) is 9.43. The lowest BCUT2D eigenvalue weighted by Crippen LogP contribution is -2.40. The van der Waals surface area contributed by atoms with Gasteiger partial charge in [0, 0.05) is 20.1 Å². The zero-order chi connectivity index (χ0) is 13.2. The summed E-state index contributed by atoms with van der Waals surface area (Å²) in [6.07, 6.45) is 4.17. The van der Waals surface area contributed by atoms with E-state index in [2.05, 4.69) is 43.0 Å². The molecule has 2 rings (SSSR count). The summed E-state index contributed by atoms with van der Waals surface area (Å²) < 4.78 is 5.95. The third-order valence-electron chi connectivity index (χ3n) is 3.61. The Kier molecular flexibility index (Phi) is 6.36. The summed E-state index contributed by atoms with van der Waals surface area (Å²) in [5.41, 5.74) is 0.00911. The van der Waals surface area contributed by atoms with Gasteiger partial charge in [0.2, 0.25) is 0 Å². The molecule has 5 heteroatoms. The fourth-order valence-electron chi connectivity index (χ4n) is 2.62. The second-order valence-corrected chi connectivity index (χ2v) is 6.53. The van der Waals surface area contributed by atoms with Gasteiger partial charge in [-0.1, -0.05) is 0 Å². The smallest absolute Gasteiger partial charge is 0.193 e. The standard InChI is InChI=1S/C14H27N3O.HI/c1-14(2,3)18-12-9-11(10-12)5-6-15-13-16-7-8-17(13)4;/h11-12H,5-10H2,1-4H3,(H,15,16);1H. The van der Waals surface area contributed by atoms with Crippen molar-refractivity contribution in [2.24, 2.45) is 10.9 Å². The lowest BCUT2D eigenvalue weighted by Gasteiger charge is -2.39.